The fraction of sp³-hybridized carbons (Fsp3) is 0.250. The van der Waals surface area contributed by atoms with Crippen LogP contribution in [0.25, 0.3) is 0 Å². The summed E-state index contributed by atoms with van der Waals surface area (Å²) in [5, 5.41) is 0. The molecule has 0 fully saturated rings. The van der Waals surface area contributed by atoms with Gasteiger partial charge < -0.3 is 5.73 Å². The van der Waals surface area contributed by atoms with Gasteiger partial charge in [-0.2, -0.15) is 0 Å². The van der Waals surface area contributed by atoms with Crippen molar-refractivity contribution in [2.45, 2.75) is 4.83 Å². The van der Waals surface area contributed by atoms with Crippen molar-refractivity contribution in [1.82, 2.24) is 0 Å². The van der Waals surface area contributed by atoms with E-state index in [0.29, 0.717) is 0 Å². The summed E-state index contributed by atoms with van der Waals surface area (Å²) in [5.74, 6) is 1.58. The van der Waals surface area contributed by atoms with Crippen molar-refractivity contribution in [2.75, 3.05) is 0 Å². The van der Waals surface area contributed by atoms with Gasteiger partial charge in [0, 0.05) is 0 Å². The maximum atomic E-state index is 9.96. The predicted octanol–water partition coefficient (Wildman–Crippen LogP) is -0.132. The minimum Gasteiger partial charge on any atom is -0.368 e. The standard InChI is InChI=1S/C4H4BrNO/c1-2-3(5)4(6)7/h1,3H,(H2,6,7). The summed E-state index contributed by atoms with van der Waals surface area (Å²) in [6.45, 7) is 0. The topological polar surface area (TPSA) is 43.1 Å². The van der Waals surface area contributed by atoms with Gasteiger partial charge in [-0.05, 0) is 0 Å². The number of rotatable bonds is 1. The molecule has 0 bridgehead atoms. The molecule has 1 atom stereocenters. The van der Waals surface area contributed by atoms with Gasteiger partial charge in [0.05, 0.1) is 0 Å². The monoisotopic (exact) mass is 161 g/mol. The van der Waals surface area contributed by atoms with E-state index in [1.54, 1.807) is 0 Å². The first kappa shape index (κ1) is 6.51. The van der Waals surface area contributed by atoms with Crippen molar-refractivity contribution in [3.05, 3.63) is 0 Å². The van der Waals surface area contributed by atoms with E-state index < -0.39 is 10.7 Å². The summed E-state index contributed by atoms with van der Waals surface area (Å²) in [5.41, 5.74) is 4.72. The molecule has 0 aliphatic heterocycles. The molecule has 0 heterocycles. The fourth-order valence-corrected chi connectivity index (χ4v) is 0.0821. The molecule has 0 saturated heterocycles. The highest BCUT2D eigenvalue weighted by molar-refractivity contribution is 9.10. The zero-order valence-electron chi connectivity index (χ0n) is 3.52. The van der Waals surface area contributed by atoms with Gasteiger partial charge in [0.1, 0.15) is 0 Å². The molecule has 0 rings (SSSR count). The first-order valence-electron chi connectivity index (χ1n) is 1.58. The zero-order valence-corrected chi connectivity index (χ0v) is 5.10. The Bertz CT molecular complexity index is 115. The number of carbonyl (C=O) groups is 1. The van der Waals surface area contributed by atoms with Gasteiger partial charge in [-0.25, -0.2) is 0 Å². The maximum Gasteiger partial charge on any atom is 0.243 e. The van der Waals surface area contributed by atoms with Crippen LogP contribution in [0.15, 0.2) is 0 Å². The highest BCUT2D eigenvalue weighted by Gasteiger charge is 2.02. The largest absolute Gasteiger partial charge is 0.368 e. The van der Waals surface area contributed by atoms with Crippen LogP contribution in [0.4, 0.5) is 0 Å². The summed E-state index contributed by atoms with van der Waals surface area (Å²) in [6.07, 6.45) is 4.78. The number of hydrogen-bond acceptors (Lipinski definition) is 1. The summed E-state index contributed by atoms with van der Waals surface area (Å²) in [4.78, 5) is 9.35. The molecule has 2 N–H and O–H groups in total. The molecule has 0 spiro atoms. The number of hydrogen-bond donors (Lipinski definition) is 1. The smallest absolute Gasteiger partial charge is 0.243 e. The lowest BCUT2D eigenvalue weighted by molar-refractivity contribution is -0.116. The molecule has 38 valence electrons. The van der Waals surface area contributed by atoms with E-state index in [9.17, 15) is 4.79 Å². The number of terminal acetylenes is 1. The summed E-state index contributed by atoms with van der Waals surface area (Å²) < 4.78 is 0. The second-order valence-corrected chi connectivity index (χ2v) is 1.85. The Morgan fingerprint density at radius 3 is 2.43 bits per heavy atom. The third kappa shape index (κ3) is 2.24. The van der Waals surface area contributed by atoms with E-state index in [-0.39, 0.29) is 0 Å². The van der Waals surface area contributed by atoms with Crippen LogP contribution in [0.1, 0.15) is 0 Å². The second-order valence-electron chi connectivity index (χ2n) is 0.932. The Hall–Kier alpha value is -0.490. The van der Waals surface area contributed by atoms with Crippen molar-refractivity contribution in [3.8, 4) is 12.3 Å². The van der Waals surface area contributed by atoms with E-state index in [1.165, 1.54) is 0 Å². The van der Waals surface area contributed by atoms with E-state index in [4.69, 9.17) is 12.2 Å². The molecule has 1 unspecified atom stereocenters. The van der Waals surface area contributed by atoms with Crippen molar-refractivity contribution >= 4 is 21.8 Å². The fourth-order valence-electron chi connectivity index (χ4n) is 0.0821. The van der Waals surface area contributed by atoms with E-state index in [2.05, 4.69) is 21.9 Å². The normalized spacial score (nSPS) is 12.0. The van der Waals surface area contributed by atoms with Gasteiger partial charge in [0.15, 0.2) is 4.83 Å². The number of carbonyl (C=O) groups excluding carboxylic acids is 1. The molecule has 0 saturated carbocycles. The molecule has 1 amide bonds. The van der Waals surface area contributed by atoms with Crippen LogP contribution in [0.2, 0.25) is 0 Å². The van der Waals surface area contributed by atoms with Crippen LogP contribution < -0.4 is 5.73 Å². The van der Waals surface area contributed by atoms with Gasteiger partial charge in [-0.15, -0.1) is 6.42 Å². The van der Waals surface area contributed by atoms with Crippen molar-refractivity contribution in [2.24, 2.45) is 5.73 Å². The summed E-state index contributed by atoms with van der Waals surface area (Å²) in [7, 11) is 0. The van der Waals surface area contributed by atoms with E-state index in [1.807, 2.05) is 0 Å². The van der Waals surface area contributed by atoms with Crippen LogP contribution in [-0.4, -0.2) is 10.7 Å². The molecule has 7 heavy (non-hydrogen) atoms. The maximum absolute atomic E-state index is 9.96. The van der Waals surface area contributed by atoms with Gasteiger partial charge in [0.25, 0.3) is 0 Å². The average molecular weight is 162 g/mol. The van der Waals surface area contributed by atoms with E-state index >= 15 is 0 Å². The van der Waals surface area contributed by atoms with Crippen LogP contribution in [0, 0.1) is 12.3 Å². The number of amides is 1. The van der Waals surface area contributed by atoms with Gasteiger partial charge in [-0.1, -0.05) is 21.9 Å². The summed E-state index contributed by atoms with van der Waals surface area (Å²) >= 11 is 2.83. The molecule has 0 aromatic carbocycles. The van der Waals surface area contributed by atoms with E-state index in [0.717, 1.165) is 0 Å². The summed E-state index contributed by atoms with van der Waals surface area (Å²) in [6, 6.07) is 0. The minimum atomic E-state index is -0.618. The molecular formula is C4H4BrNO. The quantitative estimate of drug-likeness (QED) is 0.423. The number of nitrogens with two attached hydrogens (primary N) is 1. The number of alkyl halides is 1. The molecule has 0 radical (unpaired) electrons. The van der Waals surface area contributed by atoms with Crippen LogP contribution >= 0.6 is 15.9 Å². The zero-order chi connectivity index (χ0) is 5.86. The average Bonchev–Trinajstić information content (AvgIpc) is 1.65. The lowest BCUT2D eigenvalue weighted by Gasteiger charge is -1.88. The van der Waals surface area contributed by atoms with Crippen LogP contribution in [0.5, 0.6) is 0 Å². The Balaban J connectivity index is 3.63. The van der Waals surface area contributed by atoms with Crippen molar-refractivity contribution < 1.29 is 4.79 Å². The predicted molar refractivity (Wildman–Crippen MR) is 30.7 cm³/mol. The van der Waals surface area contributed by atoms with Crippen LogP contribution in [-0.2, 0) is 4.79 Å². The molecule has 0 aliphatic carbocycles. The van der Waals surface area contributed by atoms with Crippen molar-refractivity contribution in [3.63, 3.8) is 0 Å². The highest BCUT2D eigenvalue weighted by Crippen LogP contribution is 1.92. The first-order valence-corrected chi connectivity index (χ1v) is 2.49. The third-order valence-corrected chi connectivity index (χ3v) is 1.11. The SMILES string of the molecule is C#CC(Br)C(N)=O. The Labute approximate surface area is 50.2 Å². The molecule has 0 aromatic heterocycles. The van der Waals surface area contributed by atoms with Gasteiger partial charge >= 0.3 is 0 Å². The molecule has 3 heteroatoms. The minimum absolute atomic E-state index is 0.525. The number of halogens is 1. The Morgan fingerprint density at radius 2 is 2.43 bits per heavy atom. The molecule has 0 aliphatic rings. The Morgan fingerprint density at radius 1 is 2.00 bits per heavy atom. The first-order chi connectivity index (χ1) is 3.18. The highest BCUT2D eigenvalue weighted by atomic mass is 79.9. The second kappa shape index (κ2) is 2.64. The molecular weight excluding hydrogens is 158 g/mol. The van der Waals surface area contributed by atoms with Gasteiger partial charge in [-0.3, -0.25) is 4.79 Å². The molecule has 0 aromatic rings. The number of primary amides is 1. The van der Waals surface area contributed by atoms with Crippen LogP contribution in [0.3, 0.4) is 0 Å². The van der Waals surface area contributed by atoms with Crippen molar-refractivity contribution in [1.29, 1.82) is 0 Å². The lowest BCUT2D eigenvalue weighted by Crippen LogP contribution is -2.21. The lowest BCUT2D eigenvalue weighted by atomic mass is 10.4. The van der Waals surface area contributed by atoms with Gasteiger partial charge in [0.2, 0.25) is 5.91 Å². The Kier molecular flexibility index (Phi) is 2.46. The third-order valence-electron chi connectivity index (χ3n) is 0.396. The molecule has 2 nitrogen and oxygen atoms in total.